The van der Waals surface area contributed by atoms with Gasteiger partial charge in [0.2, 0.25) is 10.0 Å². The molecule has 2 aromatic rings. The number of hydrogen-bond donors (Lipinski definition) is 2. The van der Waals surface area contributed by atoms with E-state index in [9.17, 15) is 13.2 Å². The first kappa shape index (κ1) is 16.8. The van der Waals surface area contributed by atoms with Crippen molar-refractivity contribution < 1.29 is 13.2 Å². The number of carbonyl (C=O) groups excluding carboxylic acids is 1. The lowest BCUT2D eigenvalue weighted by Gasteiger charge is -2.13. The third-order valence-corrected chi connectivity index (χ3v) is 4.82. The van der Waals surface area contributed by atoms with Crippen molar-refractivity contribution >= 4 is 44.6 Å². The van der Waals surface area contributed by atoms with Gasteiger partial charge in [-0.05, 0) is 37.3 Å². The summed E-state index contributed by atoms with van der Waals surface area (Å²) in [4.78, 5) is 13.2. The summed E-state index contributed by atoms with van der Waals surface area (Å²) in [7, 11) is -3.38. The van der Waals surface area contributed by atoms with Gasteiger partial charge in [0.1, 0.15) is 0 Å². The van der Waals surface area contributed by atoms with Crippen molar-refractivity contribution in [1.82, 2.24) is 5.32 Å². The van der Waals surface area contributed by atoms with Crippen LogP contribution >= 0.6 is 22.9 Å². The van der Waals surface area contributed by atoms with Crippen molar-refractivity contribution in [3.8, 4) is 0 Å². The summed E-state index contributed by atoms with van der Waals surface area (Å²) in [6.07, 6.45) is 1.06. The second-order valence-corrected chi connectivity index (χ2v) is 8.29. The van der Waals surface area contributed by atoms with Crippen LogP contribution in [-0.2, 0) is 10.0 Å². The fraction of sp³-hybridized carbons (Fsp3) is 0.214. The average Bonchev–Trinajstić information content (AvgIpc) is 2.84. The molecule has 0 saturated carbocycles. The highest BCUT2D eigenvalue weighted by Gasteiger charge is 2.14. The minimum Gasteiger partial charge on any atom is -0.345 e. The first-order valence-electron chi connectivity index (χ1n) is 6.38. The van der Waals surface area contributed by atoms with E-state index in [1.54, 1.807) is 24.3 Å². The number of hydrogen-bond acceptors (Lipinski definition) is 4. The molecule has 0 bridgehead atoms. The number of rotatable bonds is 5. The second kappa shape index (κ2) is 6.68. The molecule has 1 aromatic heterocycles. The van der Waals surface area contributed by atoms with E-state index < -0.39 is 10.0 Å². The van der Waals surface area contributed by atoms with E-state index in [2.05, 4.69) is 10.0 Å². The zero-order valence-corrected chi connectivity index (χ0v) is 14.3. The summed E-state index contributed by atoms with van der Waals surface area (Å²) in [5.41, 5.74) is 0.727. The molecule has 1 aromatic carbocycles. The van der Waals surface area contributed by atoms with Crippen LogP contribution in [0.25, 0.3) is 0 Å². The van der Waals surface area contributed by atoms with E-state index in [4.69, 9.17) is 11.6 Å². The third-order valence-electron chi connectivity index (χ3n) is 2.80. The number of amides is 1. The van der Waals surface area contributed by atoms with E-state index in [1.165, 1.54) is 17.4 Å². The van der Waals surface area contributed by atoms with E-state index in [1.807, 2.05) is 13.0 Å². The van der Waals surface area contributed by atoms with Crippen LogP contribution in [0.3, 0.4) is 0 Å². The molecule has 0 spiro atoms. The molecule has 22 heavy (non-hydrogen) atoms. The van der Waals surface area contributed by atoms with Crippen LogP contribution in [0.5, 0.6) is 0 Å². The molecule has 0 fully saturated rings. The Morgan fingerprint density at radius 3 is 2.59 bits per heavy atom. The lowest BCUT2D eigenvalue weighted by Crippen LogP contribution is -2.26. The monoisotopic (exact) mass is 358 g/mol. The molecule has 8 heteroatoms. The number of thiophene rings is 1. The number of anilines is 1. The van der Waals surface area contributed by atoms with Crippen LogP contribution in [0.15, 0.2) is 36.4 Å². The normalized spacial score (nSPS) is 12.7. The Hall–Kier alpha value is -1.57. The van der Waals surface area contributed by atoms with Gasteiger partial charge in [-0.3, -0.25) is 9.52 Å². The van der Waals surface area contributed by atoms with E-state index in [-0.39, 0.29) is 11.9 Å². The molecular formula is C14H15ClN2O3S2. The Labute approximate surface area is 138 Å². The lowest BCUT2D eigenvalue weighted by molar-refractivity contribution is 0.0940. The van der Waals surface area contributed by atoms with Gasteiger partial charge in [0.25, 0.3) is 5.91 Å². The minimum absolute atomic E-state index is 0.184. The summed E-state index contributed by atoms with van der Waals surface area (Å²) in [5, 5.41) is 2.85. The summed E-state index contributed by atoms with van der Waals surface area (Å²) in [5.74, 6) is -0.283. The van der Waals surface area contributed by atoms with Gasteiger partial charge in [-0.2, -0.15) is 0 Å². The second-order valence-electron chi connectivity index (χ2n) is 4.79. The van der Waals surface area contributed by atoms with Crippen molar-refractivity contribution in [1.29, 1.82) is 0 Å². The van der Waals surface area contributed by atoms with Crippen molar-refractivity contribution in [3.05, 3.63) is 51.2 Å². The Balaban J connectivity index is 2.11. The van der Waals surface area contributed by atoms with Crippen LogP contribution in [0.4, 0.5) is 5.69 Å². The van der Waals surface area contributed by atoms with Gasteiger partial charge in [-0.15, -0.1) is 11.3 Å². The summed E-state index contributed by atoms with van der Waals surface area (Å²) < 4.78 is 25.5. The molecule has 0 unspecified atom stereocenters. The maximum Gasteiger partial charge on any atom is 0.251 e. The van der Waals surface area contributed by atoms with Crippen LogP contribution in [-0.4, -0.2) is 20.6 Å². The smallest absolute Gasteiger partial charge is 0.251 e. The van der Waals surface area contributed by atoms with E-state index >= 15 is 0 Å². The van der Waals surface area contributed by atoms with Crippen LogP contribution in [0.1, 0.15) is 28.2 Å². The fourth-order valence-corrected chi connectivity index (χ4v) is 3.47. The zero-order chi connectivity index (χ0) is 16.3. The van der Waals surface area contributed by atoms with Crippen molar-refractivity contribution in [2.24, 2.45) is 0 Å². The number of halogens is 1. The zero-order valence-electron chi connectivity index (χ0n) is 12.0. The van der Waals surface area contributed by atoms with Gasteiger partial charge >= 0.3 is 0 Å². The van der Waals surface area contributed by atoms with E-state index in [0.29, 0.717) is 15.6 Å². The SMILES string of the molecule is C[C@@H](NC(=O)c1cccc(NS(C)(=O)=O)c1)c1ccc(Cl)s1. The van der Waals surface area contributed by atoms with Crippen LogP contribution in [0.2, 0.25) is 4.34 Å². The molecular weight excluding hydrogens is 344 g/mol. The van der Waals surface area contributed by atoms with Crippen LogP contribution < -0.4 is 10.0 Å². The van der Waals surface area contributed by atoms with Crippen molar-refractivity contribution in [2.45, 2.75) is 13.0 Å². The fourth-order valence-electron chi connectivity index (χ4n) is 1.85. The molecule has 0 aliphatic heterocycles. The predicted molar refractivity (Wildman–Crippen MR) is 90.1 cm³/mol. The number of benzene rings is 1. The van der Waals surface area contributed by atoms with Gasteiger partial charge in [0.15, 0.2) is 0 Å². The maximum atomic E-state index is 12.2. The highest BCUT2D eigenvalue weighted by molar-refractivity contribution is 7.92. The van der Waals surface area contributed by atoms with Crippen molar-refractivity contribution in [3.63, 3.8) is 0 Å². The van der Waals surface area contributed by atoms with Gasteiger partial charge in [-0.1, -0.05) is 17.7 Å². The molecule has 1 amide bonds. The maximum absolute atomic E-state index is 12.2. The van der Waals surface area contributed by atoms with Gasteiger partial charge < -0.3 is 5.32 Å². The largest absolute Gasteiger partial charge is 0.345 e. The Morgan fingerprint density at radius 2 is 2.00 bits per heavy atom. The number of carbonyl (C=O) groups is 1. The molecule has 0 aliphatic carbocycles. The Bertz CT molecular complexity index is 787. The summed E-state index contributed by atoms with van der Waals surface area (Å²) in [6.45, 7) is 1.86. The lowest BCUT2D eigenvalue weighted by atomic mass is 10.1. The molecule has 5 nitrogen and oxygen atoms in total. The molecule has 118 valence electrons. The number of sulfonamides is 1. The highest BCUT2D eigenvalue weighted by atomic mass is 35.5. The molecule has 2 rings (SSSR count). The molecule has 1 heterocycles. The third kappa shape index (κ3) is 4.72. The summed E-state index contributed by atoms with van der Waals surface area (Å²) >= 11 is 7.28. The Morgan fingerprint density at radius 1 is 1.27 bits per heavy atom. The summed E-state index contributed by atoms with van der Waals surface area (Å²) in [6, 6.07) is 9.77. The molecule has 0 saturated heterocycles. The number of nitrogens with one attached hydrogen (secondary N) is 2. The van der Waals surface area contributed by atoms with E-state index in [0.717, 1.165) is 11.1 Å². The molecule has 0 radical (unpaired) electrons. The Kier molecular flexibility index (Phi) is 5.10. The standard InChI is InChI=1S/C14H15ClN2O3S2/c1-9(12-6-7-13(15)21-12)16-14(18)10-4-3-5-11(8-10)17-22(2,19)20/h3-9,17H,1-2H3,(H,16,18)/t9-/m1/s1. The highest BCUT2D eigenvalue weighted by Crippen LogP contribution is 2.26. The molecule has 0 aliphatic rings. The van der Waals surface area contributed by atoms with Crippen LogP contribution in [0, 0.1) is 0 Å². The van der Waals surface area contributed by atoms with Gasteiger partial charge in [0, 0.05) is 16.1 Å². The minimum atomic E-state index is -3.38. The average molecular weight is 359 g/mol. The predicted octanol–water partition coefficient (Wildman–Crippen LogP) is 3.26. The molecule has 2 N–H and O–H groups in total. The molecule has 1 atom stereocenters. The first-order valence-corrected chi connectivity index (χ1v) is 9.47. The van der Waals surface area contributed by atoms with Gasteiger partial charge in [-0.25, -0.2) is 8.42 Å². The first-order chi connectivity index (χ1) is 10.2. The van der Waals surface area contributed by atoms with Gasteiger partial charge in [0.05, 0.1) is 16.6 Å². The quantitative estimate of drug-likeness (QED) is 0.861. The van der Waals surface area contributed by atoms with Crippen molar-refractivity contribution in [2.75, 3.05) is 11.0 Å². The topological polar surface area (TPSA) is 75.3 Å².